The van der Waals surface area contributed by atoms with Crippen molar-refractivity contribution in [2.45, 2.75) is 0 Å². The molecule has 2 aromatic rings. The van der Waals surface area contributed by atoms with Gasteiger partial charge in [-0.25, -0.2) is 14.6 Å². The number of carboxylic acid groups (broad SMARTS) is 2. The Bertz CT molecular complexity index is 545. The van der Waals surface area contributed by atoms with Crippen LogP contribution in [0, 0.1) is 0 Å². The average molecular weight is 233 g/mol. The Morgan fingerprint density at radius 2 is 1.94 bits per heavy atom. The number of rotatable bonds is 3. The van der Waals surface area contributed by atoms with Gasteiger partial charge in [-0.2, -0.15) is 0 Å². The number of imidazole rings is 1. The predicted molar refractivity (Wildman–Crippen MR) is 55.7 cm³/mol. The van der Waals surface area contributed by atoms with Gasteiger partial charge in [0.05, 0.1) is 0 Å². The molecule has 0 spiro atoms. The summed E-state index contributed by atoms with van der Waals surface area (Å²) in [5.74, 6) is -2.67. The third kappa shape index (κ3) is 1.98. The molecule has 0 bridgehead atoms. The first kappa shape index (κ1) is 10.8. The van der Waals surface area contributed by atoms with Gasteiger partial charge in [0, 0.05) is 6.20 Å². The smallest absolute Gasteiger partial charge is 0.357 e. The summed E-state index contributed by atoms with van der Waals surface area (Å²) in [4.78, 5) is 31.7. The number of hydrogen-bond donors (Lipinski definition) is 3. The van der Waals surface area contributed by atoms with Crippen LogP contribution in [0.1, 0.15) is 21.0 Å². The van der Waals surface area contributed by atoms with E-state index >= 15 is 0 Å². The number of pyridine rings is 1. The van der Waals surface area contributed by atoms with Gasteiger partial charge in [-0.05, 0) is 12.1 Å². The molecule has 0 fully saturated rings. The van der Waals surface area contributed by atoms with E-state index in [2.05, 4.69) is 15.0 Å². The minimum absolute atomic E-state index is 0.111. The van der Waals surface area contributed by atoms with Crippen molar-refractivity contribution in [2.24, 2.45) is 0 Å². The lowest BCUT2D eigenvalue weighted by Gasteiger charge is -1.92. The summed E-state index contributed by atoms with van der Waals surface area (Å²) in [5, 5.41) is 17.6. The Balaban J connectivity index is 2.55. The molecule has 2 aromatic heterocycles. The molecule has 7 heteroatoms. The Kier molecular flexibility index (Phi) is 2.57. The molecule has 17 heavy (non-hydrogen) atoms. The molecule has 0 aliphatic heterocycles. The second kappa shape index (κ2) is 4.05. The molecule has 0 saturated carbocycles. The molecule has 0 aromatic carbocycles. The van der Waals surface area contributed by atoms with Crippen molar-refractivity contribution in [1.29, 1.82) is 0 Å². The highest BCUT2D eigenvalue weighted by molar-refractivity contribution is 5.99. The molecule has 86 valence electrons. The molecule has 0 atom stereocenters. The molecule has 0 saturated heterocycles. The largest absolute Gasteiger partial charge is 0.477 e. The van der Waals surface area contributed by atoms with Gasteiger partial charge in [-0.3, -0.25) is 4.98 Å². The van der Waals surface area contributed by atoms with Gasteiger partial charge < -0.3 is 15.2 Å². The first-order chi connectivity index (χ1) is 8.09. The highest BCUT2D eigenvalue weighted by atomic mass is 16.4. The summed E-state index contributed by atoms with van der Waals surface area (Å²) in [6.45, 7) is 0. The Morgan fingerprint density at radius 1 is 1.18 bits per heavy atom. The number of hydrogen-bond acceptors (Lipinski definition) is 4. The van der Waals surface area contributed by atoms with Crippen molar-refractivity contribution in [2.75, 3.05) is 0 Å². The number of carbonyl (C=O) groups is 2. The summed E-state index contributed by atoms with van der Waals surface area (Å²) in [6, 6.07) is 4.96. The number of aromatic nitrogens is 3. The van der Waals surface area contributed by atoms with Gasteiger partial charge in [0.2, 0.25) is 0 Å². The van der Waals surface area contributed by atoms with Crippen molar-refractivity contribution >= 4 is 11.9 Å². The number of aromatic carboxylic acids is 2. The molecule has 0 aliphatic rings. The maximum atomic E-state index is 10.8. The predicted octanol–water partition coefficient (Wildman–Crippen LogP) is 0.868. The minimum atomic E-state index is -1.40. The summed E-state index contributed by atoms with van der Waals surface area (Å²) in [5.41, 5.74) is -0.612. The van der Waals surface area contributed by atoms with E-state index in [1.165, 1.54) is 6.20 Å². The van der Waals surface area contributed by atoms with Crippen LogP contribution in [-0.2, 0) is 0 Å². The monoisotopic (exact) mass is 233 g/mol. The first-order valence-electron chi connectivity index (χ1n) is 4.57. The number of nitrogens with one attached hydrogen (secondary N) is 1. The van der Waals surface area contributed by atoms with Gasteiger partial charge in [0.15, 0.2) is 17.2 Å². The van der Waals surface area contributed by atoms with Crippen LogP contribution in [0.25, 0.3) is 11.5 Å². The maximum Gasteiger partial charge on any atom is 0.357 e. The Morgan fingerprint density at radius 3 is 2.41 bits per heavy atom. The lowest BCUT2D eigenvalue weighted by atomic mass is 10.3. The van der Waals surface area contributed by atoms with Crippen LogP contribution in [-0.4, -0.2) is 37.1 Å². The average Bonchev–Trinajstić information content (AvgIpc) is 2.75. The topological polar surface area (TPSA) is 116 Å². The van der Waals surface area contributed by atoms with Gasteiger partial charge >= 0.3 is 11.9 Å². The third-order valence-electron chi connectivity index (χ3n) is 2.03. The maximum absolute atomic E-state index is 10.8. The van der Waals surface area contributed by atoms with Crippen molar-refractivity contribution < 1.29 is 19.8 Å². The molecule has 0 amide bonds. The van der Waals surface area contributed by atoms with Gasteiger partial charge in [-0.1, -0.05) is 6.07 Å². The van der Waals surface area contributed by atoms with Crippen LogP contribution in [0.15, 0.2) is 24.4 Å². The quantitative estimate of drug-likeness (QED) is 0.724. The molecule has 0 radical (unpaired) electrons. The summed E-state index contributed by atoms with van der Waals surface area (Å²) < 4.78 is 0. The van der Waals surface area contributed by atoms with Crippen LogP contribution in [0.2, 0.25) is 0 Å². The molecule has 2 heterocycles. The highest BCUT2D eigenvalue weighted by Crippen LogP contribution is 2.15. The van der Waals surface area contributed by atoms with Crippen molar-refractivity contribution in [1.82, 2.24) is 15.0 Å². The SMILES string of the molecule is O=C(O)c1nc(-c2ccccn2)[nH]c1C(=O)O. The van der Waals surface area contributed by atoms with Crippen molar-refractivity contribution in [3.8, 4) is 11.5 Å². The number of nitrogens with zero attached hydrogens (tertiary/aromatic N) is 2. The zero-order valence-corrected chi connectivity index (χ0v) is 8.41. The molecular formula is C10H7N3O4. The van der Waals surface area contributed by atoms with E-state index in [4.69, 9.17) is 10.2 Å². The molecular weight excluding hydrogens is 226 g/mol. The van der Waals surface area contributed by atoms with E-state index in [1.807, 2.05) is 0 Å². The van der Waals surface area contributed by atoms with Crippen molar-refractivity contribution in [3.05, 3.63) is 35.8 Å². The lowest BCUT2D eigenvalue weighted by molar-refractivity contribution is 0.0644. The highest BCUT2D eigenvalue weighted by Gasteiger charge is 2.22. The lowest BCUT2D eigenvalue weighted by Crippen LogP contribution is -2.07. The number of H-pyrrole nitrogens is 1. The van der Waals surface area contributed by atoms with E-state index in [0.717, 1.165) is 0 Å². The van der Waals surface area contributed by atoms with Crippen LogP contribution in [0.5, 0.6) is 0 Å². The van der Waals surface area contributed by atoms with E-state index in [1.54, 1.807) is 18.2 Å². The van der Waals surface area contributed by atoms with E-state index < -0.39 is 23.3 Å². The summed E-state index contributed by atoms with van der Waals surface area (Å²) in [7, 11) is 0. The first-order valence-corrected chi connectivity index (χ1v) is 4.57. The molecule has 0 aliphatic carbocycles. The van der Waals surface area contributed by atoms with Gasteiger partial charge in [0.1, 0.15) is 5.69 Å². The zero-order chi connectivity index (χ0) is 12.4. The standard InChI is InChI=1S/C10H7N3O4/c14-9(15)6-7(10(16)17)13-8(12-6)5-3-1-2-4-11-5/h1-4H,(H,12,13)(H,14,15)(H,16,17). The van der Waals surface area contributed by atoms with Crippen molar-refractivity contribution in [3.63, 3.8) is 0 Å². The van der Waals surface area contributed by atoms with Gasteiger partial charge in [-0.15, -0.1) is 0 Å². The van der Waals surface area contributed by atoms with E-state index in [0.29, 0.717) is 5.69 Å². The van der Waals surface area contributed by atoms with Gasteiger partial charge in [0.25, 0.3) is 0 Å². The fourth-order valence-corrected chi connectivity index (χ4v) is 1.31. The molecule has 3 N–H and O–H groups in total. The Hall–Kier alpha value is -2.70. The molecule has 7 nitrogen and oxygen atoms in total. The minimum Gasteiger partial charge on any atom is -0.477 e. The Labute approximate surface area is 94.8 Å². The van der Waals surface area contributed by atoms with Crippen LogP contribution < -0.4 is 0 Å². The molecule has 0 unspecified atom stereocenters. The second-order valence-corrected chi connectivity index (χ2v) is 3.13. The zero-order valence-electron chi connectivity index (χ0n) is 8.41. The summed E-state index contributed by atoms with van der Waals surface area (Å²) in [6.07, 6.45) is 1.50. The summed E-state index contributed by atoms with van der Waals surface area (Å²) >= 11 is 0. The van der Waals surface area contributed by atoms with Crippen LogP contribution in [0.4, 0.5) is 0 Å². The fourth-order valence-electron chi connectivity index (χ4n) is 1.31. The van der Waals surface area contributed by atoms with E-state index in [9.17, 15) is 9.59 Å². The molecule has 2 rings (SSSR count). The second-order valence-electron chi connectivity index (χ2n) is 3.13. The van der Waals surface area contributed by atoms with Crippen LogP contribution >= 0.6 is 0 Å². The van der Waals surface area contributed by atoms with E-state index in [-0.39, 0.29) is 5.82 Å². The third-order valence-corrected chi connectivity index (χ3v) is 2.03. The number of carboxylic acids is 2. The fraction of sp³-hybridized carbons (Fsp3) is 0. The number of aromatic amines is 1. The normalized spacial score (nSPS) is 10.1. The van der Waals surface area contributed by atoms with Crippen LogP contribution in [0.3, 0.4) is 0 Å².